The number of rotatable bonds is 8. The highest BCUT2D eigenvalue weighted by molar-refractivity contribution is 7.92. The zero-order chi connectivity index (χ0) is 24.2. The molecule has 0 saturated carbocycles. The van der Waals surface area contributed by atoms with Gasteiger partial charge < -0.3 is 9.64 Å². The summed E-state index contributed by atoms with van der Waals surface area (Å²) >= 11 is 0. The summed E-state index contributed by atoms with van der Waals surface area (Å²) in [4.78, 5) is 24.6. The molecule has 0 aliphatic rings. The van der Waals surface area contributed by atoms with Crippen LogP contribution in [0.25, 0.3) is 0 Å². The number of anilines is 1. The molecule has 10 heteroatoms. The van der Waals surface area contributed by atoms with E-state index in [1.165, 1.54) is 48.4 Å². The van der Waals surface area contributed by atoms with Crippen molar-refractivity contribution in [3.8, 4) is 5.75 Å². The van der Waals surface area contributed by atoms with Gasteiger partial charge in [0.15, 0.2) is 0 Å². The second kappa shape index (κ2) is 9.70. The maximum absolute atomic E-state index is 13.0. The number of nitrogens with one attached hydrogen (secondary N) is 1. The molecule has 0 aromatic heterocycles. The number of non-ortho nitro benzene ring substituents is 1. The standard InChI is InChI=1S/C23H23N3O6S/c1-16-7-9-17(10-8-16)15-25(2)23(27)18-5-4-6-20(13-18)33(30,31)24-21-14-19(26(28)29)11-12-22(21)32-3/h4-14,24H,15H2,1-3H3. The Morgan fingerprint density at radius 3 is 2.42 bits per heavy atom. The van der Waals surface area contributed by atoms with Gasteiger partial charge in [0.25, 0.3) is 21.6 Å². The molecule has 0 aliphatic heterocycles. The highest BCUT2D eigenvalue weighted by Gasteiger charge is 2.21. The molecular weight excluding hydrogens is 446 g/mol. The molecule has 0 aliphatic carbocycles. The van der Waals surface area contributed by atoms with Crippen LogP contribution in [0.2, 0.25) is 0 Å². The quantitative estimate of drug-likeness (QED) is 0.394. The predicted molar refractivity (Wildman–Crippen MR) is 124 cm³/mol. The van der Waals surface area contributed by atoms with E-state index in [1.807, 2.05) is 31.2 Å². The number of nitro benzene ring substituents is 1. The number of carbonyl (C=O) groups excluding carboxylic acids is 1. The van der Waals surface area contributed by atoms with Gasteiger partial charge in [0.2, 0.25) is 0 Å². The largest absolute Gasteiger partial charge is 0.495 e. The number of ether oxygens (including phenoxy) is 1. The molecule has 0 atom stereocenters. The minimum atomic E-state index is -4.16. The highest BCUT2D eigenvalue weighted by atomic mass is 32.2. The van der Waals surface area contributed by atoms with Gasteiger partial charge in [0.05, 0.1) is 22.6 Å². The summed E-state index contributed by atoms with van der Waals surface area (Å²) in [6, 6.07) is 16.9. The molecule has 172 valence electrons. The third kappa shape index (κ3) is 5.66. The fourth-order valence-corrected chi connectivity index (χ4v) is 4.26. The van der Waals surface area contributed by atoms with Crippen LogP contribution in [-0.2, 0) is 16.6 Å². The monoisotopic (exact) mass is 469 g/mol. The lowest BCUT2D eigenvalue weighted by atomic mass is 10.1. The number of carbonyl (C=O) groups is 1. The van der Waals surface area contributed by atoms with Crippen LogP contribution in [0.1, 0.15) is 21.5 Å². The van der Waals surface area contributed by atoms with Crippen LogP contribution in [0.3, 0.4) is 0 Å². The van der Waals surface area contributed by atoms with E-state index in [1.54, 1.807) is 7.05 Å². The Morgan fingerprint density at radius 1 is 1.09 bits per heavy atom. The lowest BCUT2D eigenvalue weighted by molar-refractivity contribution is -0.384. The van der Waals surface area contributed by atoms with E-state index < -0.39 is 14.9 Å². The van der Waals surface area contributed by atoms with Crippen molar-refractivity contribution in [2.24, 2.45) is 0 Å². The van der Waals surface area contributed by atoms with Crippen LogP contribution in [0.4, 0.5) is 11.4 Å². The minimum absolute atomic E-state index is 0.0834. The molecule has 3 aromatic rings. The Hall–Kier alpha value is -3.92. The molecule has 0 saturated heterocycles. The van der Waals surface area contributed by atoms with Crippen LogP contribution in [-0.4, -0.2) is 38.3 Å². The zero-order valence-electron chi connectivity index (χ0n) is 18.3. The van der Waals surface area contributed by atoms with Gasteiger partial charge in [-0.25, -0.2) is 8.42 Å². The average Bonchev–Trinajstić information content (AvgIpc) is 2.79. The third-order valence-corrected chi connectivity index (χ3v) is 6.28. The first-order valence-corrected chi connectivity index (χ1v) is 11.4. The van der Waals surface area contributed by atoms with Crippen LogP contribution in [0.15, 0.2) is 71.6 Å². The number of hydrogen-bond acceptors (Lipinski definition) is 6. The van der Waals surface area contributed by atoms with Gasteiger partial charge in [-0.2, -0.15) is 0 Å². The Labute approximate surface area is 191 Å². The lowest BCUT2D eigenvalue weighted by Crippen LogP contribution is -2.26. The van der Waals surface area contributed by atoms with E-state index in [-0.39, 0.29) is 33.5 Å². The van der Waals surface area contributed by atoms with Gasteiger partial charge in [0, 0.05) is 31.3 Å². The molecule has 0 heterocycles. The summed E-state index contributed by atoms with van der Waals surface area (Å²) < 4.78 is 33.3. The van der Waals surface area contributed by atoms with Gasteiger partial charge in [-0.1, -0.05) is 35.9 Å². The second-order valence-electron chi connectivity index (χ2n) is 7.42. The summed E-state index contributed by atoms with van der Waals surface area (Å²) in [5.41, 5.74) is 1.87. The Kier molecular flexibility index (Phi) is 6.98. The SMILES string of the molecule is COc1ccc([N+](=O)[O-])cc1NS(=O)(=O)c1cccc(C(=O)N(C)Cc2ccc(C)cc2)c1. The number of benzene rings is 3. The minimum Gasteiger partial charge on any atom is -0.495 e. The molecule has 3 rings (SSSR count). The molecule has 0 fully saturated rings. The van der Waals surface area contributed by atoms with Crippen molar-refractivity contribution in [3.05, 3.63) is 93.5 Å². The van der Waals surface area contributed by atoms with E-state index in [0.29, 0.717) is 6.54 Å². The van der Waals surface area contributed by atoms with Crippen molar-refractivity contribution < 1.29 is 22.9 Å². The highest BCUT2D eigenvalue weighted by Crippen LogP contribution is 2.31. The number of amides is 1. The molecule has 0 spiro atoms. The Balaban J connectivity index is 1.84. The molecule has 0 bridgehead atoms. The molecule has 1 amide bonds. The fraction of sp³-hybridized carbons (Fsp3) is 0.174. The molecule has 9 nitrogen and oxygen atoms in total. The van der Waals surface area contributed by atoms with E-state index in [0.717, 1.165) is 17.2 Å². The van der Waals surface area contributed by atoms with Gasteiger partial charge in [-0.15, -0.1) is 0 Å². The number of sulfonamides is 1. The summed E-state index contributed by atoms with van der Waals surface area (Å²) in [5.74, 6) is -0.227. The van der Waals surface area contributed by atoms with Crippen molar-refractivity contribution in [3.63, 3.8) is 0 Å². The second-order valence-corrected chi connectivity index (χ2v) is 9.10. The van der Waals surface area contributed by atoms with Crippen LogP contribution in [0, 0.1) is 17.0 Å². The number of aryl methyl sites for hydroxylation is 1. The number of hydrogen-bond donors (Lipinski definition) is 1. The van der Waals surface area contributed by atoms with Crippen LogP contribution in [0.5, 0.6) is 5.75 Å². The normalized spacial score (nSPS) is 11.0. The first kappa shape index (κ1) is 23.7. The van der Waals surface area contributed by atoms with E-state index in [2.05, 4.69) is 4.72 Å². The summed E-state index contributed by atoms with van der Waals surface area (Å²) in [5, 5.41) is 11.1. The van der Waals surface area contributed by atoms with Gasteiger partial charge in [0.1, 0.15) is 5.75 Å². The number of methoxy groups -OCH3 is 1. The number of nitrogens with zero attached hydrogens (tertiary/aromatic N) is 2. The maximum atomic E-state index is 13.0. The molecular formula is C23H23N3O6S. The van der Waals surface area contributed by atoms with Gasteiger partial charge in [-0.3, -0.25) is 19.6 Å². The van der Waals surface area contributed by atoms with Crippen molar-refractivity contribution in [1.29, 1.82) is 0 Å². The lowest BCUT2D eigenvalue weighted by Gasteiger charge is -2.18. The zero-order valence-corrected chi connectivity index (χ0v) is 19.1. The average molecular weight is 470 g/mol. The molecule has 1 N–H and O–H groups in total. The Bertz CT molecular complexity index is 1290. The fourth-order valence-electron chi connectivity index (χ4n) is 3.15. The Morgan fingerprint density at radius 2 is 1.79 bits per heavy atom. The molecule has 0 unspecified atom stereocenters. The van der Waals surface area contributed by atoms with Crippen molar-refractivity contribution in [1.82, 2.24) is 4.90 Å². The smallest absolute Gasteiger partial charge is 0.271 e. The van der Waals surface area contributed by atoms with Crippen LogP contribution >= 0.6 is 0 Å². The molecule has 3 aromatic carbocycles. The molecule has 0 radical (unpaired) electrons. The summed E-state index contributed by atoms with van der Waals surface area (Å²) in [6.07, 6.45) is 0. The van der Waals surface area contributed by atoms with E-state index >= 15 is 0 Å². The first-order chi connectivity index (χ1) is 15.6. The third-order valence-electron chi connectivity index (χ3n) is 4.92. The maximum Gasteiger partial charge on any atom is 0.271 e. The van der Waals surface area contributed by atoms with Gasteiger partial charge >= 0.3 is 0 Å². The van der Waals surface area contributed by atoms with Gasteiger partial charge in [-0.05, 0) is 36.8 Å². The van der Waals surface area contributed by atoms with Crippen molar-refractivity contribution in [2.45, 2.75) is 18.4 Å². The van der Waals surface area contributed by atoms with E-state index in [9.17, 15) is 23.3 Å². The predicted octanol–water partition coefficient (Wildman–Crippen LogP) is 3.98. The van der Waals surface area contributed by atoms with Crippen LogP contribution < -0.4 is 9.46 Å². The molecule has 33 heavy (non-hydrogen) atoms. The van der Waals surface area contributed by atoms with E-state index in [4.69, 9.17) is 4.74 Å². The topological polar surface area (TPSA) is 119 Å². The van der Waals surface area contributed by atoms with Crippen molar-refractivity contribution >= 4 is 27.3 Å². The van der Waals surface area contributed by atoms with Crippen molar-refractivity contribution in [2.75, 3.05) is 18.9 Å². The first-order valence-electron chi connectivity index (χ1n) is 9.87. The summed E-state index contributed by atoms with van der Waals surface area (Å²) in [6.45, 7) is 2.33. The summed E-state index contributed by atoms with van der Waals surface area (Å²) in [7, 11) is -1.20. The number of nitro groups is 1.